The molecule has 2 aromatic heterocycles. The molecule has 3 heterocycles. The van der Waals surface area contributed by atoms with Crippen molar-refractivity contribution in [1.29, 1.82) is 0 Å². The first-order valence-corrected chi connectivity index (χ1v) is 9.63. The molecule has 3 aromatic rings. The molecule has 0 amide bonds. The van der Waals surface area contributed by atoms with Gasteiger partial charge in [0.15, 0.2) is 0 Å². The quantitative estimate of drug-likeness (QED) is 0.660. The molecule has 6 heteroatoms. The number of pyridine rings is 2. The summed E-state index contributed by atoms with van der Waals surface area (Å²) >= 11 is 12.4. The van der Waals surface area contributed by atoms with Crippen molar-refractivity contribution in [2.75, 3.05) is 13.1 Å². The van der Waals surface area contributed by atoms with Crippen LogP contribution in [0, 0.1) is 0 Å². The van der Waals surface area contributed by atoms with E-state index in [9.17, 15) is 5.11 Å². The van der Waals surface area contributed by atoms with Gasteiger partial charge in [0.2, 0.25) is 0 Å². The average Bonchev–Trinajstić information content (AvgIpc) is 2.64. The number of aromatic nitrogens is 2. The number of nitrogens with zero attached hydrogens (tertiary/aromatic N) is 3. The summed E-state index contributed by atoms with van der Waals surface area (Å²) in [5, 5.41) is 12.4. The van der Waals surface area contributed by atoms with Gasteiger partial charge < -0.3 is 5.11 Å². The Bertz CT molecular complexity index is 911. The molecule has 27 heavy (non-hydrogen) atoms. The Hall–Kier alpha value is -1.98. The number of rotatable bonds is 5. The number of likely N-dealkylation sites (tertiary alicyclic amines) is 1. The highest BCUT2D eigenvalue weighted by atomic mass is 35.5. The number of aliphatic hydroxyl groups is 1. The van der Waals surface area contributed by atoms with Gasteiger partial charge in [-0.15, -0.1) is 0 Å². The highest BCUT2D eigenvalue weighted by Gasteiger charge is 2.34. The summed E-state index contributed by atoms with van der Waals surface area (Å²) in [5.74, 6) is 0. The minimum atomic E-state index is -0.776. The maximum Gasteiger partial charge on any atom is 0.102 e. The van der Waals surface area contributed by atoms with Crippen LogP contribution in [0.1, 0.15) is 29.8 Å². The van der Waals surface area contributed by atoms with Crippen LogP contribution in [0.4, 0.5) is 0 Å². The summed E-state index contributed by atoms with van der Waals surface area (Å²) in [5.41, 5.74) is 3.04. The Kier molecular flexibility index (Phi) is 5.41. The second-order valence-corrected chi connectivity index (χ2v) is 7.51. The van der Waals surface area contributed by atoms with E-state index in [1.54, 1.807) is 18.5 Å². The van der Waals surface area contributed by atoms with Crippen LogP contribution < -0.4 is 0 Å². The third-order valence-corrected chi connectivity index (χ3v) is 5.30. The van der Waals surface area contributed by atoms with Gasteiger partial charge in [-0.2, -0.15) is 0 Å². The van der Waals surface area contributed by atoms with Crippen LogP contribution in [-0.4, -0.2) is 33.1 Å². The molecule has 2 atom stereocenters. The zero-order valence-electron chi connectivity index (χ0n) is 14.6. The Balaban J connectivity index is 1.78. The van der Waals surface area contributed by atoms with E-state index >= 15 is 0 Å². The molecular weight excluding hydrogens is 381 g/mol. The Morgan fingerprint density at radius 1 is 0.926 bits per heavy atom. The van der Waals surface area contributed by atoms with Crippen LogP contribution in [0.2, 0.25) is 10.0 Å². The maximum atomic E-state index is 11.4. The van der Waals surface area contributed by atoms with Crippen LogP contribution >= 0.6 is 23.2 Å². The fourth-order valence-electron chi connectivity index (χ4n) is 3.48. The van der Waals surface area contributed by atoms with E-state index in [0.717, 1.165) is 36.3 Å². The lowest BCUT2D eigenvalue weighted by atomic mass is 9.92. The van der Waals surface area contributed by atoms with Crippen molar-refractivity contribution in [3.8, 4) is 11.3 Å². The van der Waals surface area contributed by atoms with Crippen LogP contribution in [0.5, 0.6) is 0 Å². The van der Waals surface area contributed by atoms with E-state index in [1.807, 2.05) is 42.5 Å². The first-order valence-electron chi connectivity index (χ1n) is 8.88. The molecule has 4 nitrogen and oxygen atoms in total. The van der Waals surface area contributed by atoms with E-state index in [2.05, 4.69) is 14.9 Å². The molecule has 0 saturated carbocycles. The van der Waals surface area contributed by atoms with Crippen molar-refractivity contribution >= 4 is 23.2 Å². The van der Waals surface area contributed by atoms with Gasteiger partial charge in [0.05, 0.1) is 17.4 Å². The molecule has 1 aliphatic heterocycles. The average molecular weight is 400 g/mol. The van der Waals surface area contributed by atoms with Gasteiger partial charge in [0, 0.05) is 46.7 Å². The molecule has 0 radical (unpaired) electrons. The van der Waals surface area contributed by atoms with E-state index < -0.39 is 6.10 Å². The number of hydrogen-bond donors (Lipinski definition) is 1. The number of halogens is 2. The first kappa shape index (κ1) is 18.4. The minimum absolute atomic E-state index is 0.224. The van der Waals surface area contributed by atoms with Crippen LogP contribution in [0.3, 0.4) is 0 Å². The van der Waals surface area contributed by atoms with Gasteiger partial charge in [-0.3, -0.25) is 14.9 Å². The van der Waals surface area contributed by atoms with Gasteiger partial charge >= 0.3 is 0 Å². The Labute approximate surface area is 168 Å². The molecule has 0 aliphatic carbocycles. The van der Waals surface area contributed by atoms with E-state index in [0.29, 0.717) is 15.7 Å². The summed E-state index contributed by atoms with van der Waals surface area (Å²) in [7, 11) is 0. The molecular formula is C21H19Cl2N3O. The van der Waals surface area contributed by atoms with Crippen molar-refractivity contribution in [2.45, 2.75) is 18.6 Å². The molecule has 0 bridgehead atoms. The largest absolute Gasteiger partial charge is 0.386 e. The minimum Gasteiger partial charge on any atom is -0.386 e. The Morgan fingerprint density at radius 2 is 1.67 bits per heavy atom. The van der Waals surface area contributed by atoms with Crippen LogP contribution in [0.25, 0.3) is 11.3 Å². The maximum absolute atomic E-state index is 11.4. The smallest absolute Gasteiger partial charge is 0.102 e. The molecule has 138 valence electrons. The summed E-state index contributed by atoms with van der Waals surface area (Å²) in [4.78, 5) is 11.3. The van der Waals surface area contributed by atoms with Crippen LogP contribution in [0.15, 0.2) is 60.9 Å². The second-order valence-electron chi connectivity index (χ2n) is 6.63. The normalized spacial score (nSPS) is 16.6. The fraction of sp³-hybridized carbons (Fsp3) is 0.238. The first-order chi connectivity index (χ1) is 13.1. The van der Waals surface area contributed by atoms with E-state index in [1.165, 1.54) is 0 Å². The summed E-state index contributed by atoms with van der Waals surface area (Å²) in [6.07, 6.45) is 3.82. The van der Waals surface area contributed by atoms with Crippen molar-refractivity contribution in [3.63, 3.8) is 0 Å². The van der Waals surface area contributed by atoms with Crippen molar-refractivity contribution in [2.24, 2.45) is 0 Å². The topological polar surface area (TPSA) is 49.3 Å². The third kappa shape index (κ3) is 3.85. The van der Waals surface area contributed by atoms with E-state index in [-0.39, 0.29) is 6.04 Å². The zero-order chi connectivity index (χ0) is 18.8. The van der Waals surface area contributed by atoms with Gasteiger partial charge in [0.25, 0.3) is 0 Å². The molecule has 0 spiro atoms. The molecule has 1 fully saturated rings. The van der Waals surface area contributed by atoms with Crippen LogP contribution in [-0.2, 0) is 0 Å². The highest BCUT2D eigenvalue weighted by molar-refractivity contribution is 6.35. The lowest BCUT2D eigenvalue weighted by molar-refractivity contribution is 0.0109. The molecule has 1 aliphatic rings. The summed E-state index contributed by atoms with van der Waals surface area (Å²) in [6, 6.07) is 14.6. The SMILES string of the molecule is OC(c1cccnc1-c1cc(Cl)cc(Cl)c1)C(c1ccccn1)N1CCC1. The molecule has 1 aromatic carbocycles. The number of aliphatic hydroxyl groups excluding tert-OH is 1. The van der Waals surface area contributed by atoms with Gasteiger partial charge in [-0.05, 0) is 42.8 Å². The lowest BCUT2D eigenvalue weighted by Gasteiger charge is -2.40. The van der Waals surface area contributed by atoms with Crippen molar-refractivity contribution in [1.82, 2.24) is 14.9 Å². The highest BCUT2D eigenvalue weighted by Crippen LogP contribution is 2.39. The van der Waals surface area contributed by atoms with E-state index in [4.69, 9.17) is 23.2 Å². The van der Waals surface area contributed by atoms with Crippen molar-refractivity contribution < 1.29 is 5.11 Å². The predicted octanol–water partition coefficient (Wildman–Crippen LogP) is 4.93. The molecule has 4 rings (SSSR count). The molecule has 1 N–H and O–H groups in total. The lowest BCUT2D eigenvalue weighted by Crippen LogP contribution is -2.43. The molecule has 1 saturated heterocycles. The third-order valence-electron chi connectivity index (χ3n) is 4.87. The zero-order valence-corrected chi connectivity index (χ0v) is 16.1. The predicted molar refractivity (Wildman–Crippen MR) is 108 cm³/mol. The number of benzene rings is 1. The number of hydrogen-bond acceptors (Lipinski definition) is 4. The van der Waals surface area contributed by atoms with Gasteiger partial charge in [0.1, 0.15) is 6.10 Å². The summed E-state index contributed by atoms with van der Waals surface area (Å²) < 4.78 is 0. The van der Waals surface area contributed by atoms with Gasteiger partial charge in [-0.1, -0.05) is 35.3 Å². The van der Waals surface area contributed by atoms with Gasteiger partial charge in [-0.25, -0.2) is 0 Å². The summed E-state index contributed by atoms with van der Waals surface area (Å²) in [6.45, 7) is 1.88. The standard InChI is InChI=1S/C21H19Cl2N3O/c22-15-11-14(12-16(23)13-15)19-17(5-3-8-25-19)21(27)20(26-9-4-10-26)18-6-1-2-7-24-18/h1-3,5-8,11-13,20-21,27H,4,9-10H2. The van der Waals surface area contributed by atoms with Crippen molar-refractivity contribution in [3.05, 3.63) is 82.2 Å². The fourth-order valence-corrected chi connectivity index (χ4v) is 4.00. The molecule has 2 unspecified atom stereocenters. The Morgan fingerprint density at radius 3 is 2.30 bits per heavy atom. The second kappa shape index (κ2) is 7.95. The monoisotopic (exact) mass is 399 g/mol.